The summed E-state index contributed by atoms with van der Waals surface area (Å²) in [4.78, 5) is 19.3. The van der Waals surface area contributed by atoms with E-state index in [0.29, 0.717) is 13.2 Å². The van der Waals surface area contributed by atoms with Gasteiger partial charge in [0.2, 0.25) is 5.91 Å². The molecule has 29 heavy (non-hydrogen) atoms. The number of piperazine rings is 1. The summed E-state index contributed by atoms with van der Waals surface area (Å²) in [6.07, 6.45) is 0. The largest absolute Gasteiger partial charge is 0.486 e. The predicted molar refractivity (Wildman–Crippen MR) is 112 cm³/mol. The van der Waals surface area contributed by atoms with Crippen molar-refractivity contribution in [2.24, 2.45) is 0 Å². The van der Waals surface area contributed by atoms with Gasteiger partial charge in [0.05, 0.1) is 0 Å². The van der Waals surface area contributed by atoms with Gasteiger partial charge >= 0.3 is 0 Å². The number of fused-ring (bicyclic) bond motifs is 1. The molecule has 1 fully saturated rings. The van der Waals surface area contributed by atoms with Crippen LogP contribution in [0.25, 0.3) is 0 Å². The number of hydrogen-bond donors (Lipinski definition) is 0. The number of likely N-dealkylation sites (N-methyl/N-ethyl adjacent to an activating group) is 1. The van der Waals surface area contributed by atoms with Crippen LogP contribution >= 0.6 is 0 Å². The Bertz CT molecular complexity index is 833. The van der Waals surface area contributed by atoms with Crippen LogP contribution in [0.3, 0.4) is 0 Å². The Morgan fingerprint density at radius 3 is 2.34 bits per heavy atom. The number of ether oxygens (including phenoxy) is 2. The van der Waals surface area contributed by atoms with Gasteiger partial charge in [-0.25, -0.2) is 0 Å². The van der Waals surface area contributed by atoms with Crippen molar-refractivity contribution in [2.45, 2.75) is 12.6 Å². The molecule has 1 saturated heterocycles. The summed E-state index contributed by atoms with van der Waals surface area (Å²) in [6, 6.07) is 16.1. The fraction of sp³-hybridized carbons (Fsp3) is 0.435. The van der Waals surface area contributed by atoms with Crippen LogP contribution in [0, 0.1) is 0 Å². The van der Waals surface area contributed by atoms with Crippen LogP contribution in [0.1, 0.15) is 17.2 Å². The van der Waals surface area contributed by atoms with Gasteiger partial charge in [0, 0.05) is 46.8 Å². The lowest BCUT2D eigenvalue weighted by molar-refractivity contribution is -0.135. The maximum absolute atomic E-state index is 12.9. The topological polar surface area (TPSA) is 45.3 Å². The zero-order valence-electron chi connectivity index (χ0n) is 17.2. The summed E-state index contributed by atoms with van der Waals surface area (Å²) in [7, 11) is 3.66. The Morgan fingerprint density at radius 2 is 1.66 bits per heavy atom. The van der Waals surface area contributed by atoms with Crippen LogP contribution in [-0.2, 0) is 11.3 Å². The van der Waals surface area contributed by atoms with Gasteiger partial charge in [-0.1, -0.05) is 36.4 Å². The van der Waals surface area contributed by atoms with Crippen molar-refractivity contribution in [1.82, 2.24) is 14.7 Å². The first-order valence-corrected chi connectivity index (χ1v) is 10.2. The Kier molecular flexibility index (Phi) is 6.02. The van der Waals surface area contributed by atoms with Gasteiger partial charge in [-0.05, 0) is 23.3 Å². The van der Waals surface area contributed by atoms with E-state index >= 15 is 0 Å². The van der Waals surface area contributed by atoms with Crippen molar-refractivity contribution >= 4 is 5.91 Å². The Hall–Kier alpha value is -2.57. The SMILES string of the molecule is CN(C)C(=O)[C@H](c1ccccc1)N1CCN(Cc2ccc3c(c2)OCCO3)CC1. The highest BCUT2D eigenvalue weighted by Crippen LogP contribution is 2.31. The van der Waals surface area contributed by atoms with E-state index in [1.54, 1.807) is 4.90 Å². The van der Waals surface area contributed by atoms with Crippen molar-refractivity contribution in [3.05, 3.63) is 59.7 Å². The summed E-state index contributed by atoms with van der Waals surface area (Å²) >= 11 is 0. The van der Waals surface area contributed by atoms with Gasteiger partial charge in [0.1, 0.15) is 19.3 Å². The van der Waals surface area contributed by atoms with E-state index in [1.165, 1.54) is 5.56 Å². The third-order valence-corrected chi connectivity index (χ3v) is 5.57. The summed E-state index contributed by atoms with van der Waals surface area (Å²) in [5.74, 6) is 1.81. The fourth-order valence-electron chi connectivity index (χ4n) is 4.01. The highest BCUT2D eigenvalue weighted by Gasteiger charge is 2.31. The molecular weight excluding hydrogens is 366 g/mol. The van der Waals surface area contributed by atoms with E-state index in [0.717, 1.165) is 49.8 Å². The minimum atomic E-state index is -0.220. The molecule has 2 aliphatic rings. The molecule has 0 spiro atoms. The number of amides is 1. The number of carbonyl (C=O) groups excluding carboxylic acids is 1. The van der Waals surface area contributed by atoms with Crippen LogP contribution in [0.5, 0.6) is 11.5 Å². The smallest absolute Gasteiger partial charge is 0.244 e. The molecule has 4 rings (SSSR count). The molecule has 6 heteroatoms. The number of benzene rings is 2. The van der Waals surface area contributed by atoms with E-state index < -0.39 is 0 Å². The lowest BCUT2D eigenvalue weighted by atomic mass is 10.0. The summed E-state index contributed by atoms with van der Waals surface area (Å²) in [5, 5.41) is 0. The molecule has 0 radical (unpaired) electrons. The molecule has 0 aliphatic carbocycles. The molecule has 154 valence electrons. The first kappa shape index (κ1) is 19.7. The van der Waals surface area contributed by atoms with Crippen molar-refractivity contribution < 1.29 is 14.3 Å². The molecular formula is C23H29N3O3. The average Bonchev–Trinajstić information content (AvgIpc) is 2.76. The van der Waals surface area contributed by atoms with E-state index in [4.69, 9.17) is 9.47 Å². The fourth-order valence-corrected chi connectivity index (χ4v) is 4.01. The number of nitrogens with zero attached hydrogens (tertiary/aromatic N) is 3. The molecule has 1 atom stereocenters. The minimum Gasteiger partial charge on any atom is -0.486 e. The second-order valence-corrected chi connectivity index (χ2v) is 7.84. The van der Waals surface area contributed by atoms with E-state index in [9.17, 15) is 4.79 Å². The van der Waals surface area contributed by atoms with Crippen LogP contribution in [0.15, 0.2) is 48.5 Å². The van der Waals surface area contributed by atoms with Crippen molar-refractivity contribution in [1.29, 1.82) is 0 Å². The van der Waals surface area contributed by atoms with E-state index in [-0.39, 0.29) is 11.9 Å². The molecule has 2 aromatic rings. The van der Waals surface area contributed by atoms with Gasteiger partial charge in [-0.3, -0.25) is 14.6 Å². The molecule has 1 amide bonds. The highest BCUT2D eigenvalue weighted by molar-refractivity contribution is 5.82. The zero-order chi connectivity index (χ0) is 20.2. The number of hydrogen-bond acceptors (Lipinski definition) is 5. The average molecular weight is 396 g/mol. The molecule has 0 bridgehead atoms. The van der Waals surface area contributed by atoms with Gasteiger partial charge in [-0.15, -0.1) is 0 Å². The molecule has 0 saturated carbocycles. The quantitative estimate of drug-likeness (QED) is 0.778. The molecule has 0 unspecified atom stereocenters. The maximum atomic E-state index is 12.9. The first-order chi connectivity index (χ1) is 14.1. The molecule has 2 aliphatic heterocycles. The standard InChI is InChI=1S/C23H29N3O3/c1-24(2)23(27)22(19-6-4-3-5-7-19)26-12-10-25(11-13-26)17-18-8-9-20-21(16-18)29-15-14-28-20/h3-9,16,22H,10-15,17H2,1-2H3/t22-/m0/s1. The summed E-state index contributed by atoms with van der Waals surface area (Å²) in [5.41, 5.74) is 2.29. The predicted octanol–water partition coefficient (Wildman–Crippen LogP) is 2.40. The third kappa shape index (κ3) is 4.54. The third-order valence-electron chi connectivity index (χ3n) is 5.57. The number of carbonyl (C=O) groups is 1. The molecule has 0 N–H and O–H groups in total. The Morgan fingerprint density at radius 1 is 0.966 bits per heavy atom. The Labute approximate surface area is 172 Å². The van der Waals surface area contributed by atoms with Gasteiger partial charge in [-0.2, -0.15) is 0 Å². The summed E-state index contributed by atoms with van der Waals surface area (Å²) < 4.78 is 11.3. The zero-order valence-corrected chi connectivity index (χ0v) is 17.2. The van der Waals surface area contributed by atoms with Crippen molar-refractivity contribution in [2.75, 3.05) is 53.5 Å². The van der Waals surface area contributed by atoms with Crippen LogP contribution in [0.4, 0.5) is 0 Å². The summed E-state index contributed by atoms with van der Waals surface area (Å²) in [6.45, 7) is 5.69. The van der Waals surface area contributed by atoms with Gasteiger partial charge < -0.3 is 14.4 Å². The van der Waals surface area contributed by atoms with Crippen molar-refractivity contribution in [3.63, 3.8) is 0 Å². The Balaban J connectivity index is 1.40. The van der Waals surface area contributed by atoms with Gasteiger partial charge in [0.15, 0.2) is 11.5 Å². The van der Waals surface area contributed by atoms with Crippen molar-refractivity contribution in [3.8, 4) is 11.5 Å². The lowest BCUT2D eigenvalue weighted by Crippen LogP contribution is -2.50. The molecule has 6 nitrogen and oxygen atoms in total. The minimum absolute atomic E-state index is 0.136. The molecule has 2 aromatic carbocycles. The van der Waals surface area contributed by atoms with E-state index in [2.05, 4.69) is 21.9 Å². The number of rotatable bonds is 5. The molecule has 2 heterocycles. The monoisotopic (exact) mass is 395 g/mol. The van der Waals surface area contributed by atoms with E-state index in [1.807, 2.05) is 50.5 Å². The second-order valence-electron chi connectivity index (χ2n) is 7.84. The maximum Gasteiger partial charge on any atom is 0.244 e. The van der Waals surface area contributed by atoms with Crippen LogP contribution in [-0.4, -0.2) is 74.1 Å². The first-order valence-electron chi connectivity index (χ1n) is 10.2. The van der Waals surface area contributed by atoms with Gasteiger partial charge in [0.25, 0.3) is 0 Å². The molecule has 0 aromatic heterocycles. The normalized spacial score (nSPS) is 18.3. The van der Waals surface area contributed by atoms with Crippen LogP contribution < -0.4 is 9.47 Å². The van der Waals surface area contributed by atoms with Crippen LogP contribution in [0.2, 0.25) is 0 Å². The lowest BCUT2D eigenvalue weighted by Gasteiger charge is -2.39. The second kappa shape index (κ2) is 8.84. The highest BCUT2D eigenvalue weighted by atomic mass is 16.6.